The molecule has 16 nitrogen and oxygen atoms in total. The van der Waals surface area contributed by atoms with Gasteiger partial charge in [0.05, 0.1) is 30.7 Å². The fourth-order valence-corrected chi connectivity index (χ4v) is 9.95. The summed E-state index contributed by atoms with van der Waals surface area (Å²) in [5.41, 5.74) is -0.890. The van der Waals surface area contributed by atoms with E-state index < -0.39 is 74.2 Å². The number of carbonyl (C=O) groups is 4. The Kier molecular flexibility index (Phi) is 13.0. The van der Waals surface area contributed by atoms with Gasteiger partial charge in [-0.05, 0) is 121 Å². The molecule has 17 heteroatoms. The van der Waals surface area contributed by atoms with E-state index >= 15 is 4.79 Å². The van der Waals surface area contributed by atoms with Crippen LogP contribution in [0, 0.1) is 17.8 Å². The van der Waals surface area contributed by atoms with Crippen molar-refractivity contribution < 1.29 is 47.5 Å². The predicted octanol–water partition coefficient (Wildman–Crippen LogP) is 6.39. The summed E-state index contributed by atoms with van der Waals surface area (Å²) in [5.74, 6) is -1.22. The average molecular weight is 896 g/mol. The van der Waals surface area contributed by atoms with Crippen molar-refractivity contribution in [1.29, 1.82) is 0 Å². The van der Waals surface area contributed by atoms with E-state index in [0.717, 1.165) is 11.8 Å². The molecular formula is C46H69N7O9S. The first-order chi connectivity index (χ1) is 29.7. The van der Waals surface area contributed by atoms with Crippen LogP contribution in [-0.2, 0) is 24.4 Å². The number of pyridine rings is 2. The van der Waals surface area contributed by atoms with E-state index in [9.17, 15) is 22.8 Å². The van der Waals surface area contributed by atoms with Crippen molar-refractivity contribution >= 4 is 44.5 Å². The maximum atomic E-state index is 15.0. The van der Waals surface area contributed by atoms with Gasteiger partial charge in [-0.1, -0.05) is 26.0 Å². The van der Waals surface area contributed by atoms with Crippen LogP contribution in [-0.4, -0.2) is 101 Å². The maximum Gasteiger partial charge on any atom is 0.315 e. The highest BCUT2D eigenvalue weighted by atomic mass is 32.2. The highest BCUT2D eigenvalue weighted by molar-refractivity contribution is 7.91. The molecule has 63 heavy (non-hydrogen) atoms. The first-order valence-electron chi connectivity index (χ1n) is 22.0. The van der Waals surface area contributed by atoms with Gasteiger partial charge < -0.3 is 35.1 Å². The number of nitrogens with one attached hydrogen (secondary N) is 4. The summed E-state index contributed by atoms with van der Waals surface area (Å²) in [6, 6.07) is 8.30. The summed E-state index contributed by atoms with van der Waals surface area (Å²) >= 11 is 0. The molecule has 348 valence electrons. The lowest BCUT2D eigenvalue weighted by molar-refractivity contribution is -0.142. The van der Waals surface area contributed by atoms with Crippen molar-refractivity contribution in [3.63, 3.8) is 0 Å². The van der Waals surface area contributed by atoms with Crippen molar-refractivity contribution in [2.45, 2.75) is 134 Å². The Morgan fingerprint density at radius 3 is 2.48 bits per heavy atom. The standard InChI is InChI=1S/C46H61N7O9S.4H2/c1-26(2)61-38-18-13-29(24-47-38)36-21-30-20-32(60-8)14-17-35(30)41(48-36)62-33-22-37-40(54)50-46(43(56)52-63(58,59)34-15-16-34)23-31(46)12-10-9-11-27(3)19-28(4)39(42(55)53(37)25-33)49-44(57)51-45(5,6)7;;;;/h10,12-14,17-18,20-21,24,26-28,31,33-34,37,39H,9,11,15-16,19,22-23,25H2,1-8H3,(H,50,54)(H,52,56)(H2,49,51,57);4*1H/b12-10-;;;;/t27-,28+,31+,33+,37-,39-,46+;;;;/m0..../s1. The quantitative estimate of drug-likeness (QED) is 0.164. The molecule has 4 N–H and O–H groups in total. The SMILES string of the molecule is COc1ccc2c(O[C@@H]3C[C@H]4C(=O)N[C@]5(C(=O)NS(=O)(=O)C6CC6)C[C@H]5/C=C\CC[C@H](C)C[C@@H](C)[C@H](NC(=O)NC(C)(C)C)C(=O)N4C3)nc(-c3ccc(OC(C)C)nc3)cc2c1.[HH].[HH].[HH].[HH]. The number of ether oxygens (including phenoxy) is 3. The molecule has 3 fully saturated rings. The third-order valence-corrected chi connectivity index (χ3v) is 13.9. The molecule has 0 radical (unpaired) electrons. The van der Waals surface area contributed by atoms with E-state index in [-0.39, 0.29) is 48.9 Å². The number of amides is 5. The zero-order valence-electron chi connectivity index (χ0n) is 37.4. The van der Waals surface area contributed by atoms with Crippen molar-refractivity contribution in [2.75, 3.05) is 13.7 Å². The molecule has 0 spiro atoms. The predicted molar refractivity (Wildman–Crippen MR) is 246 cm³/mol. The number of carbonyl (C=O) groups excluding carboxylic acids is 4. The number of aromatic nitrogens is 2. The Morgan fingerprint density at radius 1 is 1.05 bits per heavy atom. The van der Waals surface area contributed by atoms with Crippen LogP contribution in [0.1, 0.15) is 99.1 Å². The molecule has 3 aromatic rings. The molecule has 2 saturated carbocycles. The molecule has 4 heterocycles. The van der Waals surface area contributed by atoms with E-state index in [2.05, 4.69) is 32.6 Å². The average Bonchev–Trinajstić information content (AvgIpc) is 4.14. The smallest absolute Gasteiger partial charge is 0.315 e. The van der Waals surface area contributed by atoms with Crippen LogP contribution in [0.3, 0.4) is 0 Å². The minimum absolute atomic E-state index is 0. The van der Waals surface area contributed by atoms with Crippen molar-refractivity contribution in [2.24, 2.45) is 17.8 Å². The van der Waals surface area contributed by atoms with E-state index in [4.69, 9.17) is 19.2 Å². The van der Waals surface area contributed by atoms with E-state index in [0.29, 0.717) is 54.0 Å². The zero-order chi connectivity index (χ0) is 45.4. The molecule has 0 bridgehead atoms. The fourth-order valence-electron chi connectivity index (χ4n) is 8.59. The van der Waals surface area contributed by atoms with Gasteiger partial charge in [0.1, 0.15) is 29.5 Å². The molecule has 7 rings (SSSR count). The monoisotopic (exact) mass is 895 g/mol. The third kappa shape index (κ3) is 10.7. The van der Waals surface area contributed by atoms with Gasteiger partial charge in [0.15, 0.2) is 0 Å². The number of fused-ring (bicyclic) bond motifs is 3. The second-order valence-corrected chi connectivity index (χ2v) is 21.0. The topological polar surface area (TPSA) is 207 Å². The number of allylic oxidation sites excluding steroid dienone is 1. The number of rotatable bonds is 10. The second kappa shape index (κ2) is 18.0. The lowest BCUT2D eigenvalue weighted by Gasteiger charge is -2.33. The van der Waals surface area contributed by atoms with Crippen LogP contribution in [0.15, 0.2) is 54.7 Å². The van der Waals surface area contributed by atoms with Gasteiger partial charge in [-0.15, -0.1) is 0 Å². The van der Waals surface area contributed by atoms with Gasteiger partial charge >= 0.3 is 6.03 Å². The fraction of sp³-hybridized carbons (Fsp3) is 0.565. The summed E-state index contributed by atoms with van der Waals surface area (Å²) < 4.78 is 46.3. The van der Waals surface area contributed by atoms with Gasteiger partial charge in [0, 0.05) is 46.8 Å². The van der Waals surface area contributed by atoms with Gasteiger partial charge in [-0.3, -0.25) is 19.1 Å². The Balaban J connectivity index is 0.00000298. The third-order valence-electron chi connectivity index (χ3n) is 12.1. The lowest BCUT2D eigenvalue weighted by Crippen LogP contribution is -2.60. The van der Waals surface area contributed by atoms with E-state index in [1.165, 1.54) is 4.90 Å². The molecule has 1 aromatic carbocycles. The minimum Gasteiger partial charge on any atom is -0.497 e. The molecule has 2 aliphatic heterocycles. The summed E-state index contributed by atoms with van der Waals surface area (Å²) in [4.78, 5) is 68.1. The number of sulfonamides is 1. The lowest BCUT2D eigenvalue weighted by atomic mass is 9.88. The number of hydrogen-bond donors (Lipinski definition) is 4. The van der Waals surface area contributed by atoms with Crippen LogP contribution in [0.4, 0.5) is 4.79 Å². The number of hydrogen-bond acceptors (Lipinski definition) is 11. The van der Waals surface area contributed by atoms with Crippen LogP contribution >= 0.6 is 0 Å². The molecule has 4 aliphatic rings. The van der Waals surface area contributed by atoms with Crippen LogP contribution in [0.5, 0.6) is 17.5 Å². The largest absolute Gasteiger partial charge is 0.497 e. The van der Waals surface area contributed by atoms with Gasteiger partial charge in [0.2, 0.25) is 33.6 Å². The summed E-state index contributed by atoms with van der Waals surface area (Å²) in [5, 5.41) is 9.55. The van der Waals surface area contributed by atoms with Crippen LogP contribution < -0.4 is 34.9 Å². The summed E-state index contributed by atoms with van der Waals surface area (Å²) in [6.07, 6.45) is 7.84. The molecule has 1 saturated heterocycles. The molecular weight excluding hydrogens is 827 g/mol. The minimum atomic E-state index is -3.93. The second-order valence-electron chi connectivity index (χ2n) is 19.0. The summed E-state index contributed by atoms with van der Waals surface area (Å²) in [7, 11) is -2.35. The Bertz CT molecular complexity index is 2380. The van der Waals surface area contributed by atoms with Gasteiger partial charge in [-0.2, -0.15) is 0 Å². The first kappa shape index (κ1) is 45.6. The molecule has 0 unspecified atom stereocenters. The molecule has 5 amide bonds. The molecule has 2 aliphatic carbocycles. The van der Waals surface area contributed by atoms with Gasteiger partial charge in [-0.25, -0.2) is 23.2 Å². The van der Waals surface area contributed by atoms with Crippen LogP contribution in [0.25, 0.3) is 22.0 Å². The summed E-state index contributed by atoms with van der Waals surface area (Å²) in [6.45, 7) is 13.3. The highest BCUT2D eigenvalue weighted by Crippen LogP contribution is 2.46. The van der Waals surface area contributed by atoms with E-state index in [1.54, 1.807) is 25.4 Å². The Labute approximate surface area is 375 Å². The number of benzene rings is 1. The van der Waals surface area contributed by atoms with Gasteiger partial charge in [0.25, 0.3) is 5.91 Å². The molecule has 7 atom stereocenters. The van der Waals surface area contributed by atoms with Crippen molar-refractivity contribution in [1.82, 2.24) is 35.5 Å². The maximum absolute atomic E-state index is 15.0. The van der Waals surface area contributed by atoms with E-state index in [1.807, 2.05) is 78.0 Å². The zero-order valence-corrected chi connectivity index (χ0v) is 38.2. The highest BCUT2D eigenvalue weighted by Gasteiger charge is 2.62. The number of methoxy groups -OCH3 is 1. The Hall–Kier alpha value is -5.45. The normalized spacial score (nSPS) is 27.2. The first-order valence-corrected chi connectivity index (χ1v) is 23.5. The molecule has 2 aromatic heterocycles. The van der Waals surface area contributed by atoms with Crippen molar-refractivity contribution in [3.8, 4) is 28.8 Å². The van der Waals surface area contributed by atoms with Crippen LogP contribution in [0.2, 0.25) is 0 Å². The number of urea groups is 1. The van der Waals surface area contributed by atoms with Crippen molar-refractivity contribution in [3.05, 3.63) is 54.7 Å². The Morgan fingerprint density at radius 2 is 1.81 bits per heavy atom. The number of nitrogens with zero attached hydrogens (tertiary/aromatic N) is 3.